The molecule has 0 saturated heterocycles. The summed E-state index contributed by atoms with van der Waals surface area (Å²) in [4.78, 5) is 22.9. The lowest BCUT2D eigenvalue weighted by molar-refractivity contribution is -0.121. The normalized spacial score (nSPS) is 10.0. The van der Waals surface area contributed by atoms with Gasteiger partial charge >= 0.3 is 6.01 Å². The molecule has 0 atom stereocenters. The predicted octanol–water partition coefficient (Wildman–Crippen LogP) is -0.973. The smallest absolute Gasteiger partial charge is 0.322 e. The van der Waals surface area contributed by atoms with Crippen molar-refractivity contribution in [2.75, 3.05) is 45.0 Å². The lowest BCUT2D eigenvalue weighted by atomic mass is 10.4. The van der Waals surface area contributed by atoms with Gasteiger partial charge in [-0.1, -0.05) is 0 Å². The minimum Gasteiger partial charge on any atom is -0.467 e. The molecule has 4 N–H and O–H groups in total. The zero-order valence-corrected chi connectivity index (χ0v) is 11.0. The van der Waals surface area contributed by atoms with Crippen LogP contribution in [-0.2, 0) is 9.53 Å². The molecule has 19 heavy (non-hydrogen) atoms. The highest BCUT2D eigenvalue weighted by Gasteiger charge is 2.05. The van der Waals surface area contributed by atoms with Crippen LogP contribution in [0, 0.1) is 0 Å². The number of ether oxygens (including phenoxy) is 2. The van der Waals surface area contributed by atoms with Crippen LogP contribution in [0.4, 0.5) is 11.9 Å². The van der Waals surface area contributed by atoms with Crippen molar-refractivity contribution in [3.63, 3.8) is 0 Å². The summed E-state index contributed by atoms with van der Waals surface area (Å²) < 4.78 is 9.67. The summed E-state index contributed by atoms with van der Waals surface area (Å²) in [5.41, 5.74) is 5.47. The summed E-state index contributed by atoms with van der Waals surface area (Å²) in [7, 11) is 3.01. The van der Waals surface area contributed by atoms with Crippen molar-refractivity contribution < 1.29 is 14.3 Å². The number of nitrogens with one attached hydrogen (secondary N) is 2. The van der Waals surface area contributed by atoms with Crippen molar-refractivity contribution in [2.24, 2.45) is 0 Å². The summed E-state index contributed by atoms with van der Waals surface area (Å²) in [6, 6.07) is 0.125. The Kier molecular flexibility index (Phi) is 6.30. The number of hydrogen-bond donors (Lipinski definition) is 3. The van der Waals surface area contributed by atoms with Crippen molar-refractivity contribution in [3.05, 3.63) is 0 Å². The summed E-state index contributed by atoms with van der Waals surface area (Å²) in [6.07, 6.45) is 0.289. The number of anilines is 2. The fraction of sp³-hybridized carbons (Fsp3) is 0.600. The number of nitrogens with zero attached hydrogens (tertiary/aromatic N) is 3. The minimum absolute atomic E-state index is 0.0545. The zero-order valence-electron chi connectivity index (χ0n) is 11.0. The Morgan fingerprint density at radius 1 is 1.26 bits per heavy atom. The van der Waals surface area contributed by atoms with E-state index in [0.29, 0.717) is 19.7 Å². The number of carbonyl (C=O) groups excluding carboxylic acids is 1. The Morgan fingerprint density at radius 3 is 2.74 bits per heavy atom. The standard InChI is InChI=1S/C10H18N6O3/c1-18-6-5-12-7(17)3-4-13-9-14-8(11)15-10(16-9)19-2/h3-6H2,1-2H3,(H,12,17)(H3,11,13,14,15,16). The largest absolute Gasteiger partial charge is 0.467 e. The van der Waals surface area contributed by atoms with E-state index in [1.807, 2.05) is 0 Å². The van der Waals surface area contributed by atoms with E-state index >= 15 is 0 Å². The number of hydrogen-bond acceptors (Lipinski definition) is 8. The van der Waals surface area contributed by atoms with Gasteiger partial charge in [0.1, 0.15) is 0 Å². The van der Waals surface area contributed by atoms with E-state index in [0.717, 1.165) is 0 Å². The van der Waals surface area contributed by atoms with Gasteiger partial charge in [0.15, 0.2) is 0 Å². The molecule has 1 amide bonds. The SMILES string of the molecule is COCCNC(=O)CCNc1nc(N)nc(OC)n1. The topological polar surface area (TPSA) is 124 Å². The van der Waals surface area contributed by atoms with Crippen molar-refractivity contribution in [1.29, 1.82) is 0 Å². The molecule has 1 aromatic rings. The first-order valence-corrected chi connectivity index (χ1v) is 5.70. The molecule has 0 spiro atoms. The first-order valence-electron chi connectivity index (χ1n) is 5.70. The number of amides is 1. The lowest BCUT2D eigenvalue weighted by Gasteiger charge is -2.07. The fourth-order valence-corrected chi connectivity index (χ4v) is 1.21. The number of rotatable bonds is 8. The van der Waals surface area contributed by atoms with Gasteiger partial charge in [0.2, 0.25) is 17.8 Å². The van der Waals surface area contributed by atoms with Gasteiger partial charge in [0, 0.05) is 26.6 Å². The maximum absolute atomic E-state index is 11.4. The fourth-order valence-electron chi connectivity index (χ4n) is 1.21. The van der Waals surface area contributed by atoms with Gasteiger partial charge in [-0.2, -0.15) is 15.0 Å². The quantitative estimate of drug-likeness (QED) is 0.515. The highest BCUT2D eigenvalue weighted by atomic mass is 16.5. The summed E-state index contributed by atoms with van der Waals surface area (Å²) in [6.45, 7) is 1.35. The van der Waals surface area contributed by atoms with Crippen LogP contribution in [0.3, 0.4) is 0 Å². The minimum atomic E-state index is -0.0847. The number of nitrogens with two attached hydrogens (primary N) is 1. The molecule has 0 aromatic carbocycles. The number of carbonyl (C=O) groups is 1. The number of nitrogen functional groups attached to an aromatic ring is 1. The second-order valence-electron chi connectivity index (χ2n) is 3.52. The molecule has 0 aliphatic heterocycles. The maximum atomic E-state index is 11.4. The van der Waals surface area contributed by atoms with E-state index in [4.69, 9.17) is 15.2 Å². The van der Waals surface area contributed by atoms with E-state index in [2.05, 4.69) is 25.6 Å². The van der Waals surface area contributed by atoms with Gasteiger partial charge in [-0.15, -0.1) is 0 Å². The van der Waals surface area contributed by atoms with Crippen molar-refractivity contribution in [3.8, 4) is 6.01 Å². The molecular formula is C10H18N6O3. The Bertz CT molecular complexity index is 414. The van der Waals surface area contributed by atoms with Gasteiger partial charge in [0.25, 0.3) is 0 Å². The third-order valence-electron chi connectivity index (χ3n) is 2.08. The van der Waals surface area contributed by atoms with Gasteiger partial charge in [-0.3, -0.25) is 4.79 Å². The van der Waals surface area contributed by atoms with Crippen LogP contribution >= 0.6 is 0 Å². The van der Waals surface area contributed by atoms with Crippen LogP contribution in [0.25, 0.3) is 0 Å². The third kappa shape index (κ3) is 5.82. The molecule has 1 rings (SSSR count). The molecule has 0 bridgehead atoms. The Morgan fingerprint density at radius 2 is 2.05 bits per heavy atom. The van der Waals surface area contributed by atoms with Crippen LogP contribution in [-0.4, -0.2) is 54.8 Å². The molecule has 0 aliphatic rings. The summed E-state index contributed by atoms with van der Waals surface area (Å²) in [5.74, 6) is 0.242. The second-order valence-corrected chi connectivity index (χ2v) is 3.52. The molecule has 0 fully saturated rings. The third-order valence-corrected chi connectivity index (χ3v) is 2.08. The molecule has 106 valence electrons. The molecule has 0 saturated carbocycles. The van der Waals surface area contributed by atoms with Crippen LogP contribution in [0.2, 0.25) is 0 Å². The number of methoxy groups -OCH3 is 2. The monoisotopic (exact) mass is 270 g/mol. The molecule has 0 unspecified atom stereocenters. The van der Waals surface area contributed by atoms with Crippen LogP contribution in [0.1, 0.15) is 6.42 Å². The number of aromatic nitrogens is 3. The van der Waals surface area contributed by atoms with E-state index in [-0.39, 0.29) is 30.2 Å². The van der Waals surface area contributed by atoms with Gasteiger partial charge in [0.05, 0.1) is 13.7 Å². The average molecular weight is 270 g/mol. The van der Waals surface area contributed by atoms with Crippen LogP contribution in [0.15, 0.2) is 0 Å². The van der Waals surface area contributed by atoms with Crippen LogP contribution < -0.4 is 21.1 Å². The zero-order chi connectivity index (χ0) is 14.1. The predicted molar refractivity (Wildman–Crippen MR) is 68.8 cm³/mol. The van der Waals surface area contributed by atoms with Gasteiger partial charge in [-0.05, 0) is 0 Å². The molecule has 1 aromatic heterocycles. The first kappa shape index (κ1) is 14.9. The summed E-state index contributed by atoms with van der Waals surface area (Å²) >= 11 is 0. The maximum Gasteiger partial charge on any atom is 0.322 e. The first-order chi connectivity index (χ1) is 9.15. The molecular weight excluding hydrogens is 252 g/mol. The van der Waals surface area contributed by atoms with E-state index in [1.165, 1.54) is 7.11 Å². The van der Waals surface area contributed by atoms with Crippen molar-refractivity contribution in [1.82, 2.24) is 20.3 Å². The highest BCUT2D eigenvalue weighted by molar-refractivity contribution is 5.76. The van der Waals surface area contributed by atoms with E-state index in [1.54, 1.807) is 7.11 Å². The van der Waals surface area contributed by atoms with Gasteiger partial charge < -0.3 is 25.8 Å². The van der Waals surface area contributed by atoms with E-state index in [9.17, 15) is 4.79 Å². The summed E-state index contributed by atoms with van der Waals surface area (Å²) in [5, 5.41) is 5.56. The molecule has 0 radical (unpaired) electrons. The van der Waals surface area contributed by atoms with Crippen molar-refractivity contribution in [2.45, 2.75) is 6.42 Å². The molecule has 0 aliphatic carbocycles. The Labute approximate surface area is 110 Å². The average Bonchev–Trinajstić information content (AvgIpc) is 2.38. The molecule has 9 nitrogen and oxygen atoms in total. The second kappa shape index (κ2) is 8.03. The lowest BCUT2D eigenvalue weighted by Crippen LogP contribution is -2.28. The van der Waals surface area contributed by atoms with E-state index < -0.39 is 0 Å². The Hall–Kier alpha value is -2.16. The van der Waals surface area contributed by atoms with Crippen molar-refractivity contribution >= 4 is 17.8 Å². The Balaban J connectivity index is 2.32. The highest BCUT2D eigenvalue weighted by Crippen LogP contribution is 2.07. The van der Waals surface area contributed by atoms with Crippen LogP contribution in [0.5, 0.6) is 6.01 Å². The molecule has 9 heteroatoms. The molecule has 1 heterocycles. The van der Waals surface area contributed by atoms with Gasteiger partial charge in [-0.25, -0.2) is 0 Å².